The lowest BCUT2D eigenvalue weighted by Crippen LogP contribution is -2.44. The summed E-state index contributed by atoms with van der Waals surface area (Å²) < 4.78 is 2.15. The van der Waals surface area contributed by atoms with Gasteiger partial charge < -0.3 is 9.47 Å². The number of rotatable bonds is 4. The molecule has 0 atom stereocenters. The molecule has 0 aliphatic carbocycles. The zero-order valence-electron chi connectivity index (χ0n) is 21.3. The van der Waals surface area contributed by atoms with Crippen LogP contribution in [0.3, 0.4) is 0 Å². The first kappa shape index (κ1) is 24.2. The van der Waals surface area contributed by atoms with Crippen LogP contribution in [-0.2, 0) is 22.6 Å². The fraction of sp³-hybridized carbons (Fsp3) is 0.194. The third-order valence-corrected chi connectivity index (χ3v) is 8.31. The van der Waals surface area contributed by atoms with Crippen LogP contribution in [0.15, 0.2) is 77.7 Å². The molecule has 1 fully saturated rings. The second-order valence-corrected chi connectivity index (χ2v) is 10.8. The normalized spacial score (nSPS) is 16.5. The number of imide groups is 1. The summed E-state index contributed by atoms with van der Waals surface area (Å²) in [7, 11) is 0. The number of carbonyl (C=O) groups excluding carboxylic acids is 3. The minimum atomic E-state index is -0.415. The first-order valence-electron chi connectivity index (χ1n) is 12.7. The van der Waals surface area contributed by atoms with E-state index in [1.807, 2.05) is 50.2 Å². The maximum Gasteiger partial charge on any atom is 0.294 e. The van der Waals surface area contributed by atoms with Crippen LogP contribution in [0.2, 0.25) is 0 Å². The third kappa shape index (κ3) is 4.33. The molecule has 1 aromatic heterocycles. The predicted molar refractivity (Wildman–Crippen MR) is 151 cm³/mol. The lowest BCUT2D eigenvalue weighted by molar-refractivity contribution is -0.136. The van der Waals surface area contributed by atoms with Crippen molar-refractivity contribution in [2.75, 3.05) is 13.1 Å². The van der Waals surface area contributed by atoms with E-state index in [0.717, 1.165) is 56.7 Å². The largest absolute Gasteiger partial charge is 0.336 e. The Hall–Kier alpha value is -4.10. The molecular formula is C31H27N3O3S. The molecule has 6 rings (SSSR count). The first-order valence-corrected chi connectivity index (χ1v) is 13.5. The first-order chi connectivity index (χ1) is 18.4. The summed E-state index contributed by atoms with van der Waals surface area (Å²) in [6.07, 6.45) is 2.54. The van der Waals surface area contributed by atoms with Gasteiger partial charge in [0, 0.05) is 30.2 Å². The topological polar surface area (TPSA) is 62.6 Å². The summed E-state index contributed by atoms with van der Waals surface area (Å²) in [6, 6.07) is 24.7. The van der Waals surface area contributed by atoms with Gasteiger partial charge in [-0.15, -0.1) is 0 Å². The molecule has 0 unspecified atom stereocenters. The van der Waals surface area contributed by atoms with Gasteiger partial charge in [0.15, 0.2) is 0 Å². The van der Waals surface area contributed by atoms with Gasteiger partial charge in [-0.05, 0) is 83.8 Å². The van der Waals surface area contributed by atoms with Gasteiger partial charge in [-0.2, -0.15) is 0 Å². The van der Waals surface area contributed by atoms with E-state index in [-0.39, 0.29) is 12.5 Å². The van der Waals surface area contributed by atoms with Gasteiger partial charge in [0.2, 0.25) is 5.91 Å². The van der Waals surface area contributed by atoms with Crippen molar-refractivity contribution >= 4 is 45.7 Å². The second kappa shape index (κ2) is 9.65. The van der Waals surface area contributed by atoms with Crippen molar-refractivity contribution in [1.82, 2.24) is 14.4 Å². The number of hydrogen-bond acceptors (Lipinski definition) is 4. The molecule has 0 radical (unpaired) electrons. The number of carbonyl (C=O) groups is 3. The molecule has 3 heterocycles. The van der Waals surface area contributed by atoms with Gasteiger partial charge in [0.1, 0.15) is 6.54 Å². The van der Waals surface area contributed by atoms with E-state index >= 15 is 0 Å². The molecule has 38 heavy (non-hydrogen) atoms. The van der Waals surface area contributed by atoms with E-state index in [1.165, 1.54) is 10.9 Å². The molecule has 2 aliphatic rings. The molecule has 3 aromatic carbocycles. The Morgan fingerprint density at radius 1 is 0.921 bits per heavy atom. The number of aryl methyl sites for hydroxylation is 1. The number of hydrogen-bond donors (Lipinski definition) is 0. The van der Waals surface area contributed by atoms with Crippen LogP contribution in [0, 0.1) is 13.8 Å². The van der Waals surface area contributed by atoms with E-state index in [0.29, 0.717) is 18.0 Å². The van der Waals surface area contributed by atoms with E-state index in [2.05, 4.69) is 41.0 Å². The molecule has 0 N–H and O–H groups in total. The standard InChI is InChI=1S/C31H27N3O3S/c1-20-15-26(21(2)34(20)27-12-11-22-7-3-5-9-24(22)16-27)17-28-30(36)33(31(37)38-28)19-29(35)32-14-13-23-8-4-6-10-25(23)18-32/h3-12,15-17H,13-14,18-19H2,1-2H3/b28-17-. The highest BCUT2D eigenvalue weighted by atomic mass is 32.2. The van der Waals surface area contributed by atoms with E-state index in [1.54, 1.807) is 11.0 Å². The van der Waals surface area contributed by atoms with Crippen LogP contribution in [0.25, 0.3) is 22.5 Å². The fourth-order valence-electron chi connectivity index (χ4n) is 5.37. The van der Waals surface area contributed by atoms with Crippen LogP contribution >= 0.6 is 11.8 Å². The predicted octanol–water partition coefficient (Wildman–Crippen LogP) is 5.87. The minimum absolute atomic E-state index is 0.211. The van der Waals surface area contributed by atoms with Gasteiger partial charge in [-0.25, -0.2) is 0 Å². The number of aromatic nitrogens is 1. The molecule has 3 amide bonds. The van der Waals surface area contributed by atoms with Crippen molar-refractivity contribution in [2.24, 2.45) is 0 Å². The summed E-state index contributed by atoms with van der Waals surface area (Å²) in [4.78, 5) is 42.1. The summed E-state index contributed by atoms with van der Waals surface area (Å²) in [5, 5.41) is 1.92. The number of benzene rings is 3. The maximum atomic E-state index is 13.2. The smallest absolute Gasteiger partial charge is 0.294 e. The Morgan fingerprint density at radius 2 is 1.66 bits per heavy atom. The number of nitrogens with zero attached hydrogens (tertiary/aromatic N) is 3. The van der Waals surface area contributed by atoms with Gasteiger partial charge in [0.05, 0.1) is 4.91 Å². The summed E-state index contributed by atoms with van der Waals surface area (Å²) in [5.74, 6) is -0.626. The quantitative estimate of drug-likeness (QED) is 0.315. The highest BCUT2D eigenvalue weighted by Gasteiger charge is 2.37. The van der Waals surface area contributed by atoms with Crippen LogP contribution < -0.4 is 0 Å². The molecule has 190 valence electrons. The Kier molecular flexibility index (Phi) is 6.16. The summed E-state index contributed by atoms with van der Waals surface area (Å²) >= 11 is 0.894. The van der Waals surface area contributed by atoms with Gasteiger partial charge in [-0.1, -0.05) is 54.6 Å². The third-order valence-electron chi connectivity index (χ3n) is 7.40. The number of fused-ring (bicyclic) bond motifs is 2. The molecule has 7 heteroatoms. The Morgan fingerprint density at radius 3 is 2.47 bits per heavy atom. The van der Waals surface area contributed by atoms with Crippen molar-refractivity contribution in [3.8, 4) is 5.69 Å². The average Bonchev–Trinajstić information content (AvgIpc) is 3.36. The number of thioether (sulfide) groups is 1. The Balaban J connectivity index is 1.21. The Bertz CT molecular complexity index is 1650. The van der Waals surface area contributed by atoms with Gasteiger partial charge in [-0.3, -0.25) is 19.3 Å². The Labute approximate surface area is 225 Å². The summed E-state index contributed by atoms with van der Waals surface area (Å²) in [5.41, 5.74) is 6.28. The number of amides is 3. The van der Waals surface area contributed by atoms with Crippen molar-refractivity contribution in [3.63, 3.8) is 0 Å². The molecule has 0 spiro atoms. The SMILES string of the molecule is Cc1cc(/C=C2\SC(=O)N(CC(=O)N3CCc4ccccc4C3)C2=O)c(C)n1-c1ccc2ccccc2c1. The molecule has 0 saturated carbocycles. The molecular weight excluding hydrogens is 494 g/mol. The highest BCUT2D eigenvalue weighted by molar-refractivity contribution is 8.18. The molecule has 1 saturated heterocycles. The van der Waals surface area contributed by atoms with Gasteiger partial charge >= 0.3 is 0 Å². The van der Waals surface area contributed by atoms with Crippen LogP contribution in [-0.4, -0.2) is 44.5 Å². The van der Waals surface area contributed by atoms with Crippen molar-refractivity contribution in [2.45, 2.75) is 26.8 Å². The minimum Gasteiger partial charge on any atom is -0.336 e. The van der Waals surface area contributed by atoms with Crippen LogP contribution in [0.5, 0.6) is 0 Å². The second-order valence-electron chi connectivity index (χ2n) is 9.80. The summed E-state index contributed by atoms with van der Waals surface area (Å²) in [6.45, 7) is 4.89. The molecule has 2 aliphatic heterocycles. The van der Waals surface area contributed by atoms with Crippen molar-refractivity contribution in [1.29, 1.82) is 0 Å². The van der Waals surface area contributed by atoms with Crippen LogP contribution in [0.4, 0.5) is 4.79 Å². The zero-order chi connectivity index (χ0) is 26.4. The average molecular weight is 522 g/mol. The van der Waals surface area contributed by atoms with E-state index in [9.17, 15) is 14.4 Å². The van der Waals surface area contributed by atoms with Crippen LogP contribution in [0.1, 0.15) is 28.1 Å². The lowest BCUT2D eigenvalue weighted by atomic mass is 10.00. The molecule has 0 bridgehead atoms. The van der Waals surface area contributed by atoms with E-state index < -0.39 is 11.1 Å². The highest BCUT2D eigenvalue weighted by Crippen LogP contribution is 2.34. The molecule has 4 aromatic rings. The maximum absolute atomic E-state index is 13.2. The van der Waals surface area contributed by atoms with Crippen molar-refractivity contribution < 1.29 is 14.4 Å². The molecule has 6 nitrogen and oxygen atoms in total. The fourth-order valence-corrected chi connectivity index (χ4v) is 6.20. The monoisotopic (exact) mass is 521 g/mol. The van der Waals surface area contributed by atoms with E-state index in [4.69, 9.17) is 0 Å². The van der Waals surface area contributed by atoms with Crippen molar-refractivity contribution in [3.05, 3.63) is 106 Å². The lowest BCUT2D eigenvalue weighted by Gasteiger charge is -2.29. The zero-order valence-corrected chi connectivity index (χ0v) is 22.1. The van der Waals surface area contributed by atoms with Gasteiger partial charge in [0.25, 0.3) is 11.1 Å².